The zero-order valence-electron chi connectivity index (χ0n) is 25.1. The van der Waals surface area contributed by atoms with Crippen LogP contribution in [-0.4, -0.2) is 76.5 Å². The predicted octanol–water partition coefficient (Wildman–Crippen LogP) is 5.40. The van der Waals surface area contributed by atoms with Crippen molar-refractivity contribution in [1.82, 2.24) is 25.2 Å². The lowest BCUT2D eigenvalue weighted by Gasteiger charge is -2.33. The van der Waals surface area contributed by atoms with E-state index in [1.54, 1.807) is 6.92 Å². The molecule has 45 heavy (non-hydrogen) atoms. The Hall–Kier alpha value is -3.59. The van der Waals surface area contributed by atoms with Crippen molar-refractivity contribution in [3.8, 4) is 23.1 Å². The number of nitrogen functional groups attached to an aromatic ring is 1. The van der Waals surface area contributed by atoms with Crippen LogP contribution in [0, 0.1) is 18.6 Å². The van der Waals surface area contributed by atoms with Gasteiger partial charge in [-0.05, 0) is 58.2 Å². The number of halogens is 6. The van der Waals surface area contributed by atoms with Crippen LogP contribution in [0.2, 0.25) is 0 Å². The first-order chi connectivity index (χ1) is 21.3. The first-order valence-electron chi connectivity index (χ1n) is 15.0. The number of nitrogens with zero attached hydrogens (tertiary/aromatic N) is 4. The molecule has 4 N–H and O–H groups in total. The van der Waals surface area contributed by atoms with Crippen molar-refractivity contribution in [3.05, 3.63) is 28.8 Å². The highest BCUT2D eigenvalue weighted by Gasteiger charge is 2.52. The lowest BCUT2D eigenvalue weighted by Crippen LogP contribution is -2.46. The maximum absolute atomic E-state index is 16.6. The smallest absolute Gasteiger partial charge is 0.417 e. The summed E-state index contributed by atoms with van der Waals surface area (Å²) in [6, 6.07) is 0.631. The van der Waals surface area contributed by atoms with Crippen LogP contribution in [0.3, 0.4) is 0 Å². The van der Waals surface area contributed by atoms with Crippen molar-refractivity contribution < 1.29 is 35.8 Å². The number of aromatic nitrogens is 3. The van der Waals surface area contributed by atoms with E-state index in [0.29, 0.717) is 38.5 Å². The number of anilines is 2. The van der Waals surface area contributed by atoms with Gasteiger partial charge in [-0.3, -0.25) is 4.90 Å². The molecule has 9 nitrogen and oxygen atoms in total. The first kappa shape index (κ1) is 31.4. The lowest BCUT2D eigenvalue weighted by molar-refractivity contribution is -0.137. The molecule has 0 bridgehead atoms. The van der Waals surface area contributed by atoms with Crippen molar-refractivity contribution in [2.24, 2.45) is 0 Å². The molecule has 2 fully saturated rings. The number of rotatable bonds is 4. The van der Waals surface area contributed by atoms with Crippen LogP contribution in [-0.2, 0) is 6.18 Å². The van der Waals surface area contributed by atoms with E-state index in [9.17, 15) is 22.0 Å². The molecule has 6 rings (SSSR count). The van der Waals surface area contributed by atoms with Crippen LogP contribution in [0.15, 0.2) is 6.07 Å². The Kier molecular flexibility index (Phi) is 8.13. The molecule has 4 atom stereocenters. The van der Waals surface area contributed by atoms with E-state index in [0.717, 1.165) is 13.3 Å². The van der Waals surface area contributed by atoms with Crippen LogP contribution in [0.5, 0.6) is 11.9 Å². The summed E-state index contributed by atoms with van der Waals surface area (Å²) in [5.41, 5.74) is 0.417. The number of fused-ring (bicyclic) bond motifs is 1. The number of hydrogen-bond donors (Lipinski definition) is 3. The Morgan fingerprint density at radius 3 is 2.64 bits per heavy atom. The fourth-order valence-electron chi connectivity index (χ4n) is 6.84. The van der Waals surface area contributed by atoms with Gasteiger partial charge in [-0.25, -0.2) is 18.2 Å². The molecule has 15 heteroatoms. The van der Waals surface area contributed by atoms with Crippen LogP contribution in [0.4, 0.5) is 37.8 Å². The summed E-state index contributed by atoms with van der Waals surface area (Å²) in [7, 11) is 0. The van der Waals surface area contributed by atoms with Gasteiger partial charge >= 0.3 is 12.2 Å². The molecule has 244 valence electrons. The minimum absolute atomic E-state index is 0.0108. The molecule has 3 aliphatic heterocycles. The molecule has 2 aromatic heterocycles. The molecule has 1 aromatic carbocycles. The third-order valence-electron chi connectivity index (χ3n) is 9.07. The van der Waals surface area contributed by atoms with Crippen molar-refractivity contribution in [2.75, 3.05) is 43.8 Å². The van der Waals surface area contributed by atoms with Gasteiger partial charge in [0.2, 0.25) is 5.88 Å². The van der Waals surface area contributed by atoms with Gasteiger partial charge in [-0.2, -0.15) is 23.1 Å². The average molecular weight is 640 g/mol. The maximum Gasteiger partial charge on any atom is 0.417 e. The summed E-state index contributed by atoms with van der Waals surface area (Å²) < 4.78 is 101. The second-order valence-corrected chi connectivity index (χ2v) is 12.2. The molecule has 2 saturated heterocycles. The van der Waals surface area contributed by atoms with E-state index in [4.69, 9.17) is 15.2 Å². The zero-order chi connectivity index (χ0) is 32.3. The van der Waals surface area contributed by atoms with E-state index >= 15 is 4.39 Å². The molecule has 0 aliphatic carbocycles. The molecule has 0 radical (unpaired) electrons. The number of nitrogens with one attached hydrogen (secondary N) is 2. The van der Waals surface area contributed by atoms with E-state index in [1.165, 1.54) is 0 Å². The van der Waals surface area contributed by atoms with Crippen LogP contribution in [0.1, 0.15) is 50.7 Å². The van der Waals surface area contributed by atoms with Crippen LogP contribution in [0.25, 0.3) is 22.2 Å². The largest absolute Gasteiger partial charge is 0.474 e. The molecule has 5 heterocycles. The number of hydrogen-bond acceptors (Lipinski definition) is 9. The zero-order valence-corrected chi connectivity index (χ0v) is 25.1. The summed E-state index contributed by atoms with van der Waals surface area (Å²) >= 11 is 0. The van der Waals surface area contributed by atoms with E-state index in [-0.39, 0.29) is 48.7 Å². The molecular formula is C30H35F6N7O2. The molecular weight excluding hydrogens is 604 g/mol. The summed E-state index contributed by atoms with van der Waals surface area (Å²) in [5.74, 6) is -2.58. The van der Waals surface area contributed by atoms with Crippen molar-refractivity contribution in [3.63, 3.8) is 0 Å². The van der Waals surface area contributed by atoms with Gasteiger partial charge in [-0.1, -0.05) is 0 Å². The molecule has 0 saturated carbocycles. The number of ether oxygens (including phenoxy) is 2. The summed E-state index contributed by atoms with van der Waals surface area (Å²) in [6.45, 7) is 6.46. The third-order valence-corrected chi connectivity index (χ3v) is 9.07. The molecule has 3 aliphatic rings. The normalized spacial score (nSPS) is 25.8. The number of alkyl halides is 4. The second-order valence-electron chi connectivity index (χ2n) is 12.2. The number of pyridine rings is 1. The Morgan fingerprint density at radius 1 is 1.11 bits per heavy atom. The topological polar surface area (TPSA) is 110 Å². The highest BCUT2D eigenvalue weighted by atomic mass is 19.4. The van der Waals surface area contributed by atoms with Crippen LogP contribution >= 0.6 is 0 Å². The highest BCUT2D eigenvalue weighted by molar-refractivity contribution is 5.96. The molecule has 0 spiro atoms. The third kappa shape index (κ3) is 5.68. The van der Waals surface area contributed by atoms with Crippen LogP contribution < -0.4 is 25.8 Å². The second kappa shape index (κ2) is 11.6. The van der Waals surface area contributed by atoms with E-state index in [2.05, 4.69) is 30.5 Å². The standard InChI is InChI=1S/C30H35F6N7O2/c1-14-4-6-29(11-17(31)12-43(14)29)13-44-28-41-25-20-26(42-28)39-9-8-38-7-5-15(2)45-27(20)40-24(23(25)33)18-10-19(37)22(32)16(3)21(18)30(34,35)36/h10,14-15,17,38H,4-9,11-13,37H2,1-3H3,(H,39,41,42)/t14?,15-,17+,29-/m0/s1. The predicted molar refractivity (Wildman–Crippen MR) is 156 cm³/mol. The number of nitrogens with two attached hydrogens (primary N) is 1. The summed E-state index contributed by atoms with van der Waals surface area (Å²) in [5, 5.41) is 6.37. The molecule has 0 amide bonds. The van der Waals surface area contributed by atoms with Gasteiger partial charge in [0.15, 0.2) is 5.82 Å². The Labute approximate surface area is 255 Å². The Balaban J connectivity index is 1.54. The number of benzene rings is 1. The monoisotopic (exact) mass is 639 g/mol. The fraction of sp³-hybridized carbons (Fsp3) is 0.567. The van der Waals surface area contributed by atoms with Gasteiger partial charge in [0.25, 0.3) is 0 Å². The van der Waals surface area contributed by atoms with E-state index < -0.39 is 69.2 Å². The van der Waals surface area contributed by atoms with Gasteiger partial charge in [0, 0.05) is 37.7 Å². The Bertz CT molecular complexity index is 1620. The summed E-state index contributed by atoms with van der Waals surface area (Å²) in [4.78, 5) is 15.1. The maximum atomic E-state index is 16.6. The quantitative estimate of drug-likeness (QED) is 0.256. The first-order valence-corrected chi connectivity index (χ1v) is 15.0. The van der Waals surface area contributed by atoms with Crippen molar-refractivity contribution >= 4 is 22.4 Å². The minimum atomic E-state index is -5.07. The highest BCUT2D eigenvalue weighted by Crippen LogP contribution is 2.46. The van der Waals surface area contributed by atoms with Gasteiger partial charge < -0.3 is 25.8 Å². The van der Waals surface area contributed by atoms with E-state index in [1.807, 2.05) is 6.92 Å². The van der Waals surface area contributed by atoms with Crippen molar-refractivity contribution in [1.29, 1.82) is 0 Å². The molecule has 1 unspecified atom stereocenters. The lowest BCUT2D eigenvalue weighted by atomic mass is 9.95. The SMILES string of the molecule is Cc1c(F)c(N)cc(-c2nc3c4c(nc(OC[C@@]56CCC(C)N5C[C@H](F)C6)nc4c2F)NCCNCC[C@H](C)O3)c1C(F)(F)F. The molecule has 3 aromatic rings. The minimum Gasteiger partial charge on any atom is -0.474 e. The fourth-order valence-corrected chi connectivity index (χ4v) is 6.84. The van der Waals surface area contributed by atoms with Crippen molar-refractivity contribution in [2.45, 2.75) is 76.5 Å². The average Bonchev–Trinajstić information content (AvgIpc) is 3.45. The van der Waals surface area contributed by atoms with Gasteiger partial charge in [0.1, 0.15) is 41.0 Å². The Morgan fingerprint density at radius 2 is 1.89 bits per heavy atom. The summed E-state index contributed by atoms with van der Waals surface area (Å²) in [6.07, 6.45) is -4.23. The van der Waals surface area contributed by atoms with Gasteiger partial charge in [-0.15, -0.1) is 0 Å². The van der Waals surface area contributed by atoms with Gasteiger partial charge in [0.05, 0.1) is 22.9 Å².